The van der Waals surface area contributed by atoms with Gasteiger partial charge in [0.1, 0.15) is 11.5 Å². The number of phosphoric ester groups is 1. The van der Waals surface area contributed by atoms with E-state index in [2.05, 4.69) is 33.7 Å². The molecule has 1 heterocycles. The first-order valence-electron chi connectivity index (χ1n) is 9.28. The largest absolute Gasteiger partial charge is 0.524 e. The summed E-state index contributed by atoms with van der Waals surface area (Å²) in [5.41, 5.74) is 5.77. The van der Waals surface area contributed by atoms with Crippen molar-refractivity contribution in [3.8, 4) is 22.6 Å². The van der Waals surface area contributed by atoms with Crippen molar-refractivity contribution >= 4 is 13.5 Å². The molecule has 0 amide bonds. The van der Waals surface area contributed by atoms with Gasteiger partial charge in [-0.2, -0.15) is 0 Å². The van der Waals surface area contributed by atoms with Crippen molar-refractivity contribution < 1.29 is 23.6 Å². The van der Waals surface area contributed by atoms with Crippen LogP contribution in [-0.4, -0.2) is 23.4 Å². The van der Waals surface area contributed by atoms with E-state index < -0.39 is 7.82 Å². The van der Waals surface area contributed by atoms with Crippen LogP contribution in [0.2, 0.25) is 0 Å². The van der Waals surface area contributed by atoms with E-state index in [0.29, 0.717) is 0 Å². The molecule has 0 unspecified atom stereocenters. The number of rotatable bonds is 6. The average molecular weight is 411 g/mol. The molecule has 0 fully saturated rings. The fourth-order valence-corrected chi connectivity index (χ4v) is 4.11. The molecule has 150 valence electrons. The summed E-state index contributed by atoms with van der Waals surface area (Å²) in [6.45, 7) is 1.74. The molecule has 0 bridgehead atoms. The third-order valence-corrected chi connectivity index (χ3v) is 5.46. The lowest BCUT2D eigenvalue weighted by Gasteiger charge is -2.23. The zero-order valence-corrected chi connectivity index (χ0v) is 16.9. The van der Waals surface area contributed by atoms with Gasteiger partial charge in [-0.3, -0.25) is 9.79 Å². The number of hydrogen-bond acceptors (Lipinski definition) is 4. The van der Waals surface area contributed by atoms with Crippen molar-refractivity contribution in [1.82, 2.24) is 0 Å². The molecule has 0 saturated carbocycles. The van der Waals surface area contributed by atoms with E-state index in [0.717, 1.165) is 36.4 Å². The Labute approximate surface area is 169 Å². The minimum atomic E-state index is -4.56. The lowest BCUT2D eigenvalue weighted by atomic mass is 10.00. The van der Waals surface area contributed by atoms with Crippen LogP contribution in [0.1, 0.15) is 11.1 Å². The second-order valence-electron chi connectivity index (χ2n) is 6.94. The van der Waals surface area contributed by atoms with Gasteiger partial charge in [-0.1, -0.05) is 42.5 Å². The smallest absolute Gasteiger partial charge is 0.497 e. The third kappa shape index (κ3) is 4.46. The summed E-state index contributed by atoms with van der Waals surface area (Å²) in [6.07, 6.45) is 0.985. The van der Waals surface area contributed by atoms with E-state index >= 15 is 0 Å². The van der Waals surface area contributed by atoms with E-state index in [9.17, 15) is 4.57 Å². The number of para-hydroxylation sites is 1. The van der Waals surface area contributed by atoms with Crippen LogP contribution in [0, 0.1) is 0 Å². The molecule has 29 heavy (non-hydrogen) atoms. The molecule has 7 heteroatoms. The number of nitrogens with zero attached hydrogens (tertiary/aromatic N) is 1. The van der Waals surface area contributed by atoms with E-state index in [1.54, 1.807) is 19.2 Å². The zero-order valence-electron chi connectivity index (χ0n) is 16.0. The van der Waals surface area contributed by atoms with Gasteiger partial charge in [0.15, 0.2) is 0 Å². The van der Waals surface area contributed by atoms with Gasteiger partial charge in [-0.05, 0) is 47.4 Å². The molecule has 0 spiro atoms. The number of hydrogen-bond donors (Lipinski definition) is 2. The summed E-state index contributed by atoms with van der Waals surface area (Å²) < 4.78 is 20.9. The van der Waals surface area contributed by atoms with Crippen molar-refractivity contribution in [1.29, 1.82) is 0 Å². The molecule has 4 rings (SSSR count). The first kappa shape index (κ1) is 19.5. The maximum atomic E-state index is 11.0. The number of anilines is 1. The average Bonchev–Trinajstić information content (AvgIpc) is 3.11. The van der Waals surface area contributed by atoms with Crippen molar-refractivity contribution in [2.45, 2.75) is 13.0 Å². The molecule has 6 nitrogen and oxygen atoms in total. The maximum absolute atomic E-state index is 11.0. The lowest BCUT2D eigenvalue weighted by Crippen LogP contribution is -2.20. The first-order valence-corrected chi connectivity index (χ1v) is 10.8. The molecule has 3 aromatic rings. The Bertz CT molecular complexity index is 1040. The monoisotopic (exact) mass is 411 g/mol. The van der Waals surface area contributed by atoms with Crippen molar-refractivity contribution in [2.75, 3.05) is 18.6 Å². The van der Waals surface area contributed by atoms with Gasteiger partial charge >= 0.3 is 7.82 Å². The van der Waals surface area contributed by atoms with Crippen LogP contribution in [0.5, 0.6) is 11.5 Å². The minimum Gasteiger partial charge on any atom is -0.497 e. The van der Waals surface area contributed by atoms with Crippen LogP contribution in [0.4, 0.5) is 5.69 Å². The Morgan fingerprint density at radius 2 is 1.66 bits per heavy atom. The molecule has 0 aromatic heterocycles. The molecule has 0 radical (unpaired) electrons. The molecular formula is C22H22NO5P. The number of ether oxygens (including phenoxy) is 1. The quantitative estimate of drug-likeness (QED) is 0.586. The second kappa shape index (κ2) is 7.91. The summed E-state index contributed by atoms with van der Waals surface area (Å²) in [4.78, 5) is 20.3. The number of methoxy groups -OCH3 is 1. The normalized spacial score (nSPS) is 13.3. The fraction of sp³-hybridized carbons (Fsp3) is 0.182. The first-order chi connectivity index (χ1) is 13.9. The number of fused-ring (bicyclic) bond motifs is 1. The van der Waals surface area contributed by atoms with Gasteiger partial charge in [0, 0.05) is 24.3 Å². The highest BCUT2D eigenvalue weighted by atomic mass is 31.2. The number of phosphoric acid groups is 1. The van der Waals surface area contributed by atoms with Crippen molar-refractivity contribution in [3.63, 3.8) is 0 Å². The maximum Gasteiger partial charge on any atom is 0.524 e. The van der Waals surface area contributed by atoms with E-state index in [4.69, 9.17) is 14.5 Å². The number of benzene rings is 3. The van der Waals surface area contributed by atoms with Gasteiger partial charge < -0.3 is 14.2 Å². The summed E-state index contributed by atoms with van der Waals surface area (Å²) in [6, 6.07) is 21.2. The van der Waals surface area contributed by atoms with E-state index in [1.165, 1.54) is 16.8 Å². The second-order valence-corrected chi connectivity index (χ2v) is 8.10. The van der Waals surface area contributed by atoms with E-state index in [1.807, 2.05) is 30.3 Å². The highest BCUT2D eigenvalue weighted by Crippen LogP contribution is 2.41. The van der Waals surface area contributed by atoms with Gasteiger partial charge in [0.25, 0.3) is 0 Å². The molecule has 0 saturated heterocycles. The SMILES string of the molecule is COc1ccc(CN2CCc3cccc(-c4ccc(OP(=O)(O)O)cc4)c32)cc1. The summed E-state index contributed by atoms with van der Waals surface area (Å²) in [5.74, 6) is 0.985. The van der Waals surface area contributed by atoms with E-state index in [-0.39, 0.29) is 5.75 Å². The topological polar surface area (TPSA) is 79.2 Å². The Balaban J connectivity index is 1.62. The van der Waals surface area contributed by atoms with Crippen molar-refractivity contribution in [3.05, 3.63) is 77.9 Å². The van der Waals surface area contributed by atoms with Crippen LogP contribution < -0.4 is 14.2 Å². The highest BCUT2D eigenvalue weighted by Gasteiger charge is 2.23. The van der Waals surface area contributed by atoms with Crippen LogP contribution in [0.25, 0.3) is 11.1 Å². The molecule has 1 aliphatic heterocycles. The van der Waals surface area contributed by atoms with Crippen LogP contribution in [0.15, 0.2) is 66.7 Å². The lowest BCUT2D eigenvalue weighted by molar-refractivity contribution is 0.283. The predicted molar refractivity (Wildman–Crippen MR) is 112 cm³/mol. The minimum absolute atomic E-state index is 0.143. The molecule has 3 aromatic carbocycles. The highest BCUT2D eigenvalue weighted by molar-refractivity contribution is 7.46. The van der Waals surface area contributed by atoms with Gasteiger partial charge in [0.05, 0.1) is 7.11 Å². The van der Waals surface area contributed by atoms with Gasteiger partial charge in [-0.25, -0.2) is 4.57 Å². The standard InChI is InChI=1S/C22H22NO5P/c1-27-19-9-5-16(6-10-19)15-23-14-13-18-3-2-4-21(22(18)23)17-7-11-20(12-8-17)28-29(24,25)26/h2-12H,13-15H2,1H3,(H2,24,25,26). The van der Waals surface area contributed by atoms with Crippen LogP contribution in [0.3, 0.4) is 0 Å². The van der Waals surface area contributed by atoms with Crippen LogP contribution in [-0.2, 0) is 17.5 Å². The summed E-state index contributed by atoms with van der Waals surface area (Å²) in [7, 11) is -2.90. The Kier molecular flexibility index (Phi) is 5.33. The fourth-order valence-electron chi connectivity index (χ4n) is 3.71. The summed E-state index contributed by atoms with van der Waals surface area (Å²) >= 11 is 0. The molecule has 0 atom stereocenters. The molecule has 1 aliphatic rings. The van der Waals surface area contributed by atoms with Gasteiger partial charge in [-0.15, -0.1) is 0 Å². The van der Waals surface area contributed by atoms with Crippen molar-refractivity contribution in [2.24, 2.45) is 0 Å². The van der Waals surface area contributed by atoms with Crippen LogP contribution >= 0.6 is 7.82 Å². The Hall–Kier alpha value is -2.79. The Morgan fingerprint density at radius 3 is 2.31 bits per heavy atom. The predicted octanol–water partition coefficient (Wildman–Crippen LogP) is 4.40. The zero-order chi connectivity index (χ0) is 20.4. The summed E-state index contributed by atoms with van der Waals surface area (Å²) in [5, 5.41) is 0. The molecule has 0 aliphatic carbocycles. The molecule has 2 N–H and O–H groups in total. The van der Waals surface area contributed by atoms with Gasteiger partial charge in [0.2, 0.25) is 0 Å². The Morgan fingerprint density at radius 1 is 0.966 bits per heavy atom. The third-order valence-electron chi connectivity index (χ3n) is 5.01. The molecular weight excluding hydrogens is 389 g/mol.